The van der Waals surface area contributed by atoms with E-state index in [0.29, 0.717) is 0 Å². The Kier molecular flexibility index (Phi) is 1.41. The Morgan fingerprint density at radius 1 is 1.27 bits per heavy atom. The summed E-state index contributed by atoms with van der Waals surface area (Å²) in [6.45, 7) is 1.83. The zero-order chi connectivity index (χ0) is 10.5. The molecule has 1 aromatic rings. The predicted molar refractivity (Wildman–Crippen MR) is 58.3 cm³/mol. The normalized spacial score (nSPS) is 27.4. The lowest BCUT2D eigenvalue weighted by Crippen LogP contribution is -2.35. The number of nitrogens with zero attached hydrogens (tertiary/aromatic N) is 3. The molecule has 0 aliphatic carbocycles. The standard InChI is InChI=1S/C11H9N3O/c1-8-11(7-12-11)10(15)14(13-8)9-5-3-2-4-6-9/h2-7H,1H3. The van der Waals surface area contributed by atoms with Crippen molar-refractivity contribution in [1.29, 1.82) is 0 Å². The second kappa shape index (κ2) is 2.53. The molecule has 0 radical (unpaired) electrons. The SMILES string of the molecule is CC1=NN(c2ccccc2)C(=O)C12C=N2. The molecule has 0 bridgehead atoms. The van der Waals surface area contributed by atoms with E-state index in [1.807, 2.05) is 37.3 Å². The van der Waals surface area contributed by atoms with Crippen molar-refractivity contribution in [3.8, 4) is 0 Å². The van der Waals surface area contributed by atoms with E-state index in [1.165, 1.54) is 5.01 Å². The molecule has 1 amide bonds. The largest absolute Gasteiger partial charge is 0.286 e. The highest BCUT2D eigenvalue weighted by Gasteiger charge is 2.55. The van der Waals surface area contributed by atoms with E-state index in [1.54, 1.807) is 6.21 Å². The van der Waals surface area contributed by atoms with E-state index in [4.69, 9.17) is 0 Å². The Balaban J connectivity index is 2.01. The van der Waals surface area contributed by atoms with Crippen LogP contribution in [0.2, 0.25) is 0 Å². The van der Waals surface area contributed by atoms with Crippen LogP contribution in [0.15, 0.2) is 40.4 Å². The summed E-state index contributed by atoms with van der Waals surface area (Å²) in [7, 11) is 0. The smallest absolute Gasteiger partial charge is 0.269 e. The fraction of sp³-hybridized carbons (Fsp3) is 0.182. The van der Waals surface area contributed by atoms with Gasteiger partial charge in [-0.2, -0.15) is 10.1 Å². The number of hydrogen-bond acceptors (Lipinski definition) is 3. The van der Waals surface area contributed by atoms with Gasteiger partial charge < -0.3 is 0 Å². The van der Waals surface area contributed by atoms with Crippen LogP contribution in [0.5, 0.6) is 0 Å². The van der Waals surface area contributed by atoms with Crippen molar-refractivity contribution < 1.29 is 4.79 Å². The van der Waals surface area contributed by atoms with Gasteiger partial charge in [-0.1, -0.05) is 18.2 Å². The molecule has 4 heteroatoms. The van der Waals surface area contributed by atoms with Gasteiger partial charge in [0, 0.05) is 6.21 Å². The lowest BCUT2D eigenvalue weighted by molar-refractivity contribution is -0.118. The van der Waals surface area contributed by atoms with Crippen LogP contribution < -0.4 is 5.01 Å². The lowest BCUT2D eigenvalue weighted by Gasteiger charge is -2.12. The number of aliphatic imine (C=N–C) groups is 1. The van der Waals surface area contributed by atoms with Gasteiger partial charge in [0.1, 0.15) is 0 Å². The van der Waals surface area contributed by atoms with Gasteiger partial charge in [-0.05, 0) is 19.1 Å². The summed E-state index contributed by atoms with van der Waals surface area (Å²) in [5.41, 5.74) is 0.807. The van der Waals surface area contributed by atoms with E-state index in [2.05, 4.69) is 10.1 Å². The molecule has 1 spiro atoms. The third-order valence-electron chi connectivity index (χ3n) is 2.71. The van der Waals surface area contributed by atoms with Gasteiger partial charge in [-0.25, -0.2) is 0 Å². The second-order valence-corrected chi connectivity index (χ2v) is 3.66. The fourth-order valence-corrected chi connectivity index (χ4v) is 1.69. The number of amides is 1. The number of anilines is 1. The average molecular weight is 199 g/mol. The molecule has 2 aliphatic heterocycles. The van der Waals surface area contributed by atoms with Gasteiger partial charge in [-0.15, -0.1) is 0 Å². The van der Waals surface area contributed by atoms with Crippen molar-refractivity contribution in [2.24, 2.45) is 10.1 Å². The fourth-order valence-electron chi connectivity index (χ4n) is 1.69. The zero-order valence-electron chi connectivity index (χ0n) is 8.21. The summed E-state index contributed by atoms with van der Waals surface area (Å²) in [5, 5.41) is 5.65. The molecule has 74 valence electrons. The second-order valence-electron chi connectivity index (χ2n) is 3.66. The molecule has 3 rings (SSSR count). The van der Waals surface area contributed by atoms with Crippen LogP contribution in [0.25, 0.3) is 0 Å². The lowest BCUT2D eigenvalue weighted by atomic mass is 10.0. The molecule has 0 N–H and O–H groups in total. The number of benzene rings is 1. The summed E-state index contributed by atoms with van der Waals surface area (Å²) in [5.74, 6) is -0.0776. The molecular weight excluding hydrogens is 190 g/mol. The maximum absolute atomic E-state index is 12.0. The number of carbonyl (C=O) groups excluding carboxylic acids is 1. The van der Waals surface area contributed by atoms with Crippen LogP contribution in [-0.4, -0.2) is 23.4 Å². The third-order valence-corrected chi connectivity index (χ3v) is 2.71. The summed E-state index contributed by atoms with van der Waals surface area (Å²) < 4.78 is 0. The molecule has 2 aliphatic rings. The Morgan fingerprint density at radius 2 is 1.93 bits per heavy atom. The molecular formula is C11H9N3O. The van der Waals surface area contributed by atoms with Crippen LogP contribution in [0.4, 0.5) is 5.69 Å². The van der Waals surface area contributed by atoms with Gasteiger partial charge in [0.25, 0.3) is 5.91 Å². The predicted octanol–water partition coefficient (Wildman–Crippen LogP) is 1.23. The highest BCUT2D eigenvalue weighted by molar-refractivity contribution is 6.38. The van der Waals surface area contributed by atoms with E-state index < -0.39 is 5.54 Å². The third kappa shape index (κ3) is 0.986. The van der Waals surface area contributed by atoms with Crippen molar-refractivity contribution in [3.63, 3.8) is 0 Å². The van der Waals surface area contributed by atoms with Crippen molar-refractivity contribution in [2.45, 2.75) is 12.5 Å². The highest BCUT2D eigenvalue weighted by Crippen LogP contribution is 2.33. The van der Waals surface area contributed by atoms with Gasteiger partial charge >= 0.3 is 0 Å². The Morgan fingerprint density at radius 3 is 2.47 bits per heavy atom. The molecule has 1 aromatic carbocycles. The molecule has 1 atom stereocenters. The first-order chi connectivity index (χ1) is 7.24. The maximum atomic E-state index is 12.0. The quantitative estimate of drug-likeness (QED) is 0.671. The topological polar surface area (TPSA) is 45.0 Å². The van der Waals surface area contributed by atoms with Gasteiger partial charge in [0.2, 0.25) is 5.54 Å². The maximum Gasteiger partial charge on any atom is 0.286 e. The molecule has 0 fully saturated rings. The molecule has 0 aromatic heterocycles. The first-order valence-corrected chi connectivity index (χ1v) is 4.76. The van der Waals surface area contributed by atoms with Crippen LogP contribution in [0.1, 0.15) is 6.92 Å². The average Bonchev–Trinajstić information content (AvgIpc) is 3.03. The first kappa shape index (κ1) is 8.35. The minimum Gasteiger partial charge on any atom is -0.269 e. The zero-order valence-corrected chi connectivity index (χ0v) is 8.21. The number of hydrazone groups is 1. The van der Waals surface area contributed by atoms with Crippen LogP contribution >= 0.6 is 0 Å². The van der Waals surface area contributed by atoms with E-state index in [-0.39, 0.29) is 5.91 Å². The summed E-state index contributed by atoms with van der Waals surface area (Å²) in [4.78, 5) is 16.0. The summed E-state index contributed by atoms with van der Waals surface area (Å²) in [6.07, 6.45) is 1.65. The monoisotopic (exact) mass is 199 g/mol. The number of carbonyl (C=O) groups is 1. The highest BCUT2D eigenvalue weighted by atomic mass is 16.2. The first-order valence-electron chi connectivity index (χ1n) is 4.76. The van der Waals surface area contributed by atoms with Gasteiger partial charge in [0.05, 0.1) is 11.4 Å². The van der Waals surface area contributed by atoms with Crippen molar-refractivity contribution >= 4 is 23.5 Å². The molecule has 2 heterocycles. The summed E-state index contributed by atoms with van der Waals surface area (Å²) in [6, 6.07) is 9.38. The molecule has 0 saturated heterocycles. The number of rotatable bonds is 1. The van der Waals surface area contributed by atoms with Crippen molar-refractivity contribution in [2.75, 3.05) is 5.01 Å². The molecule has 1 unspecified atom stereocenters. The van der Waals surface area contributed by atoms with Gasteiger partial charge in [0.15, 0.2) is 0 Å². The molecule has 0 saturated carbocycles. The van der Waals surface area contributed by atoms with Crippen LogP contribution in [-0.2, 0) is 4.79 Å². The molecule has 15 heavy (non-hydrogen) atoms. The van der Waals surface area contributed by atoms with Gasteiger partial charge in [-0.3, -0.25) is 9.79 Å². The van der Waals surface area contributed by atoms with Crippen molar-refractivity contribution in [1.82, 2.24) is 0 Å². The van der Waals surface area contributed by atoms with E-state index in [0.717, 1.165) is 11.4 Å². The van der Waals surface area contributed by atoms with E-state index >= 15 is 0 Å². The summed E-state index contributed by atoms with van der Waals surface area (Å²) >= 11 is 0. The van der Waals surface area contributed by atoms with E-state index in [9.17, 15) is 4.79 Å². The Labute approximate surface area is 86.9 Å². The Bertz CT molecular complexity index is 484. The van der Waals surface area contributed by atoms with Crippen molar-refractivity contribution in [3.05, 3.63) is 30.3 Å². The van der Waals surface area contributed by atoms with Crippen LogP contribution in [0.3, 0.4) is 0 Å². The minimum atomic E-state index is -0.726. The number of hydrogen-bond donors (Lipinski definition) is 0. The Hall–Kier alpha value is -1.97. The molecule has 4 nitrogen and oxygen atoms in total. The number of para-hydroxylation sites is 1. The van der Waals surface area contributed by atoms with Crippen LogP contribution in [0, 0.1) is 0 Å². The minimum absolute atomic E-state index is 0.0776.